The van der Waals surface area contributed by atoms with Gasteiger partial charge in [-0.05, 0) is 75.2 Å². The molecule has 6 heteroatoms. The van der Waals surface area contributed by atoms with Crippen LogP contribution in [0.15, 0.2) is 29.3 Å². The summed E-state index contributed by atoms with van der Waals surface area (Å²) in [6.07, 6.45) is 6.07. The van der Waals surface area contributed by atoms with Gasteiger partial charge < -0.3 is 19.7 Å². The van der Waals surface area contributed by atoms with Crippen LogP contribution in [-0.2, 0) is 4.74 Å². The predicted octanol–water partition coefficient (Wildman–Crippen LogP) is 3.40. The molecule has 0 saturated carbocycles. The molecule has 2 saturated heterocycles. The summed E-state index contributed by atoms with van der Waals surface area (Å²) < 4.78 is 10.8. The lowest BCUT2D eigenvalue weighted by atomic mass is 9.85. The second-order valence-electron chi connectivity index (χ2n) is 8.80. The molecule has 0 spiro atoms. The van der Waals surface area contributed by atoms with Gasteiger partial charge in [-0.15, -0.1) is 0 Å². The number of likely N-dealkylation sites (tertiary alicyclic amines) is 1. The number of hydrogen-bond donors (Lipinski definition) is 1. The fraction of sp³-hybridized carbons (Fsp3) is 0.708. The van der Waals surface area contributed by atoms with Crippen LogP contribution in [0.1, 0.15) is 43.7 Å². The topological polar surface area (TPSA) is 49.3 Å². The normalized spacial score (nSPS) is 23.9. The first kappa shape index (κ1) is 22.9. The van der Waals surface area contributed by atoms with Gasteiger partial charge in [0.15, 0.2) is 5.96 Å². The van der Waals surface area contributed by atoms with Gasteiger partial charge in [0.25, 0.3) is 0 Å². The second-order valence-corrected chi connectivity index (χ2v) is 8.80. The molecule has 1 N–H and O–H groups in total. The fourth-order valence-electron chi connectivity index (χ4n) is 4.93. The van der Waals surface area contributed by atoms with Crippen LogP contribution < -0.4 is 10.1 Å². The number of methoxy groups -OCH3 is 1. The number of nitrogens with zero attached hydrogens (tertiary/aromatic N) is 3. The van der Waals surface area contributed by atoms with Gasteiger partial charge in [-0.3, -0.25) is 9.89 Å². The third kappa shape index (κ3) is 6.11. The van der Waals surface area contributed by atoms with Gasteiger partial charge in [-0.1, -0.05) is 12.1 Å². The van der Waals surface area contributed by atoms with E-state index in [1.807, 2.05) is 7.05 Å². The number of rotatable bonds is 7. The lowest BCUT2D eigenvalue weighted by Crippen LogP contribution is -2.46. The maximum absolute atomic E-state index is 5.49. The summed E-state index contributed by atoms with van der Waals surface area (Å²) in [5.74, 6) is 3.26. The van der Waals surface area contributed by atoms with Gasteiger partial charge in [0.05, 0.1) is 7.11 Å². The maximum atomic E-state index is 5.49. The molecular weight excluding hydrogens is 376 g/mol. The minimum atomic E-state index is 0.419. The summed E-state index contributed by atoms with van der Waals surface area (Å²) in [5.41, 5.74) is 1.37. The molecule has 0 radical (unpaired) electrons. The molecule has 3 rings (SSSR count). The molecular formula is C24H40N4O2. The molecule has 1 aromatic carbocycles. The van der Waals surface area contributed by atoms with Crippen molar-refractivity contribution >= 4 is 5.96 Å². The van der Waals surface area contributed by atoms with Crippen molar-refractivity contribution in [2.24, 2.45) is 16.8 Å². The Morgan fingerprint density at radius 3 is 2.63 bits per heavy atom. The zero-order valence-electron chi connectivity index (χ0n) is 19.3. The third-order valence-corrected chi connectivity index (χ3v) is 6.77. The van der Waals surface area contributed by atoms with Crippen molar-refractivity contribution < 1.29 is 9.47 Å². The predicted molar refractivity (Wildman–Crippen MR) is 123 cm³/mol. The van der Waals surface area contributed by atoms with Crippen LogP contribution in [-0.4, -0.2) is 76.9 Å². The van der Waals surface area contributed by atoms with Crippen molar-refractivity contribution in [3.8, 4) is 5.75 Å². The SMILES string of the molecule is CN=C(NCC1CCCN(C)C1c1ccc(OC)cc1)N(C)CCC1CCOCC1. The fourth-order valence-corrected chi connectivity index (χ4v) is 4.93. The monoisotopic (exact) mass is 416 g/mol. The molecule has 0 aromatic heterocycles. The molecule has 0 amide bonds. The minimum Gasteiger partial charge on any atom is -0.497 e. The van der Waals surface area contributed by atoms with E-state index in [4.69, 9.17) is 9.47 Å². The Bertz CT molecular complexity index is 658. The van der Waals surface area contributed by atoms with E-state index in [9.17, 15) is 0 Å². The molecule has 0 bridgehead atoms. The van der Waals surface area contributed by atoms with E-state index < -0.39 is 0 Å². The summed E-state index contributed by atoms with van der Waals surface area (Å²) in [6, 6.07) is 9.00. The largest absolute Gasteiger partial charge is 0.497 e. The molecule has 2 aliphatic heterocycles. The quantitative estimate of drug-likeness (QED) is 0.545. The molecule has 2 heterocycles. The molecule has 2 fully saturated rings. The van der Waals surface area contributed by atoms with E-state index in [1.54, 1.807) is 7.11 Å². The molecule has 30 heavy (non-hydrogen) atoms. The molecule has 6 nitrogen and oxygen atoms in total. The lowest BCUT2D eigenvalue weighted by molar-refractivity contribution is 0.0625. The first-order valence-electron chi connectivity index (χ1n) is 11.5. The second kappa shape index (κ2) is 11.6. The number of guanidine groups is 1. The van der Waals surface area contributed by atoms with Crippen LogP contribution >= 0.6 is 0 Å². The summed E-state index contributed by atoms with van der Waals surface area (Å²) in [7, 11) is 8.01. The summed E-state index contributed by atoms with van der Waals surface area (Å²) in [5, 5.41) is 3.67. The highest BCUT2D eigenvalue weighted by molar-refractivity contribution is 5.79. The van der Waals surface area contributed by atoms with E-state index in [0.29, 0.717) is 12.0 Å². The van der Waals surface area contributed by atoms with Crippen LogP contribution in [0.2, 0.25) is 0 Å². The van der Waals surface area contributed by atoms with Crippen LogP contribution in [0.25, 0.3) is 0 Å². The summed E-state index contributed by atoms with van der Waals surface area (Å²) in [4.78, 5) is 9.33. The van der Waals surface area contributed by atoms with Crippen molar-refractivity contribution in [1.82, 2.24) is 15.1 Å². The van der Waals surface area contributed by atoms with Gasteiger partial charge >= 0.3 is 0 Å². The van der Waals surface area contributed by atoms with Gasteiger partial charge in [0.2, 0.25) is 0 Å². The molecule has 2 unspecified atom stereocenters. The number of nitrogens with one attached hydrogen (secondary N) is 1. The number of aliphatic imine (C=N–C) groups is 1. The van der Waals surface area contributed by atoms with Gasteiger partial charge in [0.1, 0.15) is 5.75 Å². The Hall–Kier alpha value is -1.79. The first-order chi connectivity index (χ1) is 14.6. The van der Waals surface area contributed by atoms with Gasteiger partial charge in [-0.25, -0.2) is 0 Å². The average molecular weight is 417 g/mol. The molecule has 2 aliphatic rings. The zero-order chi connectivity index (χ0) is 21.3. The Kier molecular flexibility index (Phi) is 8.82. The van der Waals surface area contributed by atoms with E-state index in [0.717, 1.165) is 50.5 Å². The van der Waals surface area contributed by atoms with Crippen LogP contribution in [0.3, 0.4) is 0 Å². The zero-order valence-corrected chi connectivity index (χ0v) is 19.3. The van der Waals surface area contributed by atoms with Crippen LogP contribution in [0, 0.1) is 11.8 Å². The number of ether oxygens (including phenoxy) is 2. The lowest BCUT2D eigenvalue weighted by Gasteiger charge is -2.40. The number of hydrogen-bond acceptors (Lipinski definition) is 4. The van der Waals surface area contributed by atoms with Crippen LogP contribution in [0.4, 0.5) is 0 Å². The van der Waals surface area contributed by atoms with Crippen molar-refractivity contribution in [1.29, 1.82) is 0 Å². The highest BCUT2D eigenvalue weighted by Crippen LogP contribution is 2.35. The Morgan fingerprint density at radius 2 is 1.97 bits per heavy atom. The molecule has 1 aromatic rings. The van der Waals surface area contributed by atoms with E-state index in [-0.39, 0.29) is 0 Å². The standard InChI is InChI=1S/C24H40N4O2/c1-25-24(28(3)15-11-19-12-16-30-17-13-19)26-18-21-6-5-14-27(2)23(21)20-7-9-22(29-4)10-8-20/h7-10,19,21,23H,5-6,11-18H2,1-4H3,(H,25,26). The van der Waals surface area contributed by atoms with Gasteiger partial charge in [0, 0.05) is 46.4 Å². The summed E-state index contributed by atoms with van der Waals surface area (Å²) >= 11 is 0. The Morgan fingerprint density at radius 1 is 1.23 bits per heavy atom. The third-order valence-electron chi connectivity index (χ3n) is 6.77. The van der Waals surface area contributed by atoms with Crippen LogP contribution in [0.5, 0.6) is 5.75 Å². The van der Waals surface area contributed by atoms with Gasteiger partial charge in [-0.2, -0.15) is 0 Å². The summed E-state index contributed by atoms with van der Waals surface area (Å²) in [6.45, 7) is 4.96. The van der Waals surface area contributed by atoms with E-state index >= 15 is 0 Å². The minimum absolute atomic E-state index is 0.419. The van der Waals surface area contributed by atoms with Crippen molar-refractivity contribution in [2.75, 3.05) is 61.1 Å². The first-order valence-corrected chi connectivity index (χ1v) is 11.5. The molecule has 168 valence electrons. The number of piperidine rings is 1. The Labute approximate surface area is 182 Å². The Balaban J connectivity index is 1.56. The maximum Gasteiger partial charge on any atom is 0.193 e. The van der Waals surface area contributed by atoms with E-state index in [1.165, 1.54) is 37.7 Å². The smallest absolute Gasteiger partial charge is 0.193 e. The van der Waals surface area contributed by atoms with Crippen molar-refractivity contribution in [3.63, 3.8) is 0 Å². The van der Waals surface area contributed by atoms with Crippen molar-refractivity contribution in [2.45, 2.75) is 38.1 Å². The average Bonchev–Trinajstić information content (AvgIpc) is 2.79. The number of benzene rings is 1. The van der Waals surface area contributed by atoms with Crippen molar-refractivity contribution in [3.05, 3.63) is 29.8 Å². The van der Waals surface area contributed by atoms with E-state index in [2.05, 4.69) is 58.5 Å². The molecule has 0 aliphatic carbocycles. The highest BCUT2D eigenvalue weighted by atomic mass is 16.5. The molecule has 2 atom stereocenters. The highest BCUT2D eigenvalue weighted by Gasteiger charge is 2.30.